The molecule has 3 aromatic rings. The standard InChI is InChI=1S/C20H17F2N3O2/c1-2-27-18-9-4-3-8-16(18)25-20(26)17-12-13(10-11-23-17)24-19-14(21)6-5-7-15(19)22/h3-12H,2H2,1H3,(H,23,24)(H,25,26). The van der Waals surface area contributed by atoms with Gasteiger partial charge in [-0.05, 0) is 43.3 Å². The molecule has 2 aromatic carbocycles. The fourth-order valence-electron chi connectivity index (χ4n) is 2.43. The Morgan fingerprint density at radius 3 is 2.56 bits per heavy atom. The van der Waals surface area contributed by atoms with E-state index < -0.39 is 17.5 Å². The van der Waals surface area contributed by atoms with E-state index in [0.29, 0.717) is 23.7 Å². The third-order valence-electron chi connectivity index (χ3n) is 3.66. The number of hydrogen-bond acceptors (Lipinski definition) is 4. The van der Waals surface area contributed by atoms with Crippen LogP contribution in [0.4, 0.5) is 25.8 Å². The minimum absolute atomic E-state index is 0.0862. The molecular weight excluding hydrogens is 352 g/mol. The number of hydrogen-bond donors (Lipinski definition) is 2. The van der Waals surface area contributed by atoms with Crippen molar-refractivity contribution in [3.63, 3.8) is 0 Å². The van der Waals surface area contributed by atoms with E-state index in [9.17, 15) is 13.6 Å². The molecule has 0 aliphatic rings. The fourth-order valence-corrected chi connectivity index (χ4v) is 2.43. The molecule has 2 N–H and O–H groups in total. The molecule has 0 aliphatic carbocycles. The van der Waals surface area contributed by atoms with E-state index in [0.717, 1.165) is 12.1 Å². The first-order valence-electron chi connectivity index (χ1n) is 8.28. The third-order valence-corrected chi connectivity index (χ3v) is 3.66. The number of nitrogens with zero attached hydrogens (tertiary/aromatic N) is 1. The summed E-state index contributed by atoms with van der Waals surface area (Å²) < 4.78 is 33.0. The van der Waals surface area contributed by atoms with Crippen molar-refractivity contribution in [2.45, 2.75) is 6.92 Å². The van der Waals surface area contributed by atoms with E-state index in [1.807, 2.05) is 6.92 Å². The number of carbonyl (C=O) groups excluding carboxylic acids is 1. The lowest BCUT2D eigenvalue weighted by Crippen LogP contribution is -2.14. The lowest BCUT2D eigenvalue weighted by molar-refractivity contribution is 0.102. The van der Waals surface area contributed by atoms with Crippen molar-refractivity contribution in [3.05, 3.63) is 78.1 Å². The molecule has 1 amide bonds. The Kier molecular flexibility index (Phi) is 5.61. The number of benzene rings is 2. The first kappa shape index (κ1) is 18.3. The lowest BCUT2D eigenvalue weighted by atomic mass is 10.2. The van der Waals surface area contributed by atoms with Crippen molar-refractivity contribution in [2.75, 3.05) is 17.2 Å². The predicted octanol–water partition coefficient (Wildman–Crippen LogP) is 4.75. The van der Waals surface area contributed by atoms with E-state index in [-0.39, 0.29) is 11.4 Å². The highest BCUT2D eigenvalue weighted by Crippen LogP contribution is 2.25. The first-order valence-corrected chi connectivity index (χ1v) is 8.28. The molecular formula is C20H17F2N3O2. The molecule has 0 radical (unpaired) electrons. The van der Waals surface area contributed by atoms with E-state index in [2.05, 4.69) is 15.6 Å². The number of ether oxygens (including phenoxy) is 1. The number of pyridine rings is 1. The molecule has 27 heavy (non-hydrogen) atoms. The van der Waals surface area contributed by atoms with Gasteiger partial charge in [0.2, 0.25) is 0 Å². The van der Waals surface area contributed by atoms with E-state index in [4.69, 9.17) is 4.74 Å². The fraction of sp³-hybridized carbons (Fsp3) is 0.100. The van der Waals surface area contributed by atoms with Crippen LogP contribution in [-0.4, -0.2) is 17.5 Å². The molecule has 0 aliphatic heterocycles. The van der Waals surface area contributed by atoms with Crippen molar-refractivity contribution in [3.8, 4) is 5.75 Å². The average molecular weight is 369 g/mol. The number of nitrogens with one attached hydrogen (secondary N) is 2. The molecule has 3 rings (SSSR count). The van der Waals surface area contributed by atoms with Gasteiger partial charge < -0.3 is 15.4 Å². The maximum absolute atomic E-state index is 13.8. The summed E-state index contributed by atoms with van der Waals surface area (Å²) in [5.74, 6) is -1.40. The van der Waals surface area contributed by atoms with Gasteiger partial charge in [-0.2, -0.15) is 0 Å². The minimum Gasteiger partial charge on any atom is -0.492 e. The largest absolute Gasteiger partial charge is 0.492 e. The monoisotopic (exact) mass is 369 g/mol. The quantitative estimate of drug-likeness (QED) is 0.658. The van der Waals surface area contributed by atoms with Gasteiger partial charge in [0, 0.05) is 11.9 Å². The molecule has 0 fully saturated rings. The summed E-state index contributed by atoms with van der Waals surface area (Å²) in [6, 6.07) is 13.5. The van der Waals surface area contributed by atoms with Gasteiger partial charge in [0.15, 0.2) is 0 Å². The molecule has 1 heterocycles. The maximum Gasteiger partial charge on any atom is 0.274 e. The summed E-state index contributed by atoms with van der Waals surface area (Å²) in [5, 5.41) is 5.36. The third kappa shape index (κ3) is 4.38. The van der Waals surface area contributed by atoms with Crippen molar-refractivity contribution in [1.29, 1.82) is 0 Å². The van der Waals surface area contributed by atoms with Crippen molar-refractivity contribution >= 4 is 23.0 Å². The van der Waals surface area contributed by atoms with Gasteiger partial charge in [-0.15, -0.1) is 0 Å². The second kappa shape index (κ2) is 8.27. The van der Waals surface area contributed by atoms with Gasteiger partial charge in [-0.1, -0.05) is 18.2 Å². The highest BCUT2D eigenvalue weighted by Gasteiger charge is 2.13. The number of para-hydroxylation sites is 3. The van der Waals surface area contributed by atoms with Crippen LogP contribution in [0.2, 0.25) is 0 Å². The summed E-state index contributed by atoms with van der Waals surface area (Å²) in [5.41, 5.74) is 0.627. The van der Waals surface area contributed by atoms with Gasteiger partial charge in [-0.3, -0.25) is 9.78 Å². The Morgan fingerprint density at radius 1 is 1.07 bits per heavy atom. The number of carbonyl (C=O) groups is 1. The van der Waals surface area contributed by atoms with Crippen LogP contribution in [0.15, 0.2) is 60.8 Å². The molecule has 0 bridgehead atoms. The predicted molar refractivity (Wildman–Crippen MR) is 99.4 cm³/mol. The van der Waals surface area contributed by atoms with Crippen molar-refractivity contribution < 1.29 is 18.3 Å². The number of amides is 1. The highest BCUT2D eigenvalue weighted by atomic mass is 19.1. The molecule has 0 saturated carbocycles. The normalized spacial score (nSPS) is 10.3. The molecule has 5 nitrogen and oxygen atoms in total. The van der Waals surface area contributed by atoms with Gasteiger partial charge >= 0.3 is 0 Å². The lowest BCUT2D eigenvalue weighted by Gasteiger charge is -2.12. The molecule has 0 atom stereocenters. The molecule has 7 heteroatoms. The Labute approximate surface area is 155 Å². The zero-order chi connectivity index (χ0) is 19.2. The summed E-state index contributed by atoms with van der Waals surface area (Å²) in [4.78, 5) is 16.5. The Bertz CT molecular complexity index is 943. The topological polar surface area (TPSA) is 63.2 Å². The van der Waals surface area contributed by atoms with E-state index in [1.165, 1.54) is 24.4 Å². The van der Waals surface area contributed by atoms with Crippen LogP contribution in [0.5, 0.6) is 5.75 Å². The van der Waals surface area contributed by atoms with Crippen LogP contribution in [-0.2, 0) is 0 Å². The number of halogens is 2. The zero-order valence-corrected chi connectivity index (χ0v) is 14.5. The van der Waals surface area contributed by atoms with Crippen LogP contribution in [0.3, 0.4) is 0 Å². The number of rotatable bonds is 6. The van der Waals surface area contributed by atoms with Gasteiger partial charge in [0.25, 0.3) is 5.91 Å². The highest BCUT2D eigenvalue weighted by molar-refractivity contribution is 6.04. The molecule has 1 aromatic heterocycles. The van der Waals surface area contributed by atoms with Crippen LogP contribution in [0.25, 0.3) is 0 Å². The summed E-state index contributed by atoms with van der Waals surface area (Å²) in [6.45, 7) is 2.30. The van der Waals surface area contributed by atoms with Gasteiger partial charge in [-0.25, -0.2) is 8.78 Å². The van der Waals surface area contributed by atoms with Crippen molar-refractivity contribution in [1.82, 2.24) is 4.98 Å². The smallest absolute Gasteiger partial charge is 0.274 e. The average Bonchev–Trinajstić information content (AvgIpc) is 2.67. The van der Waals surface area contributed by atoms with Crippen LogP contribution < -0.4 is 15.4 Å². The zero-order valence-electron chi connectivity index (χ0n) is 14.5. The number of aromatic nitrogens is 1. The second-order valence-corrected chi connectivity index (χ2v) is 5.53. The molecule has 0 saturated heterocycles. The molecule has 0 spiro atoms. The van der Waals surface area contributed by atoms with Gasteiger partial charge in [0.05, 0.1) is 12.3 Å². The second-order valence-electron chi connectivity index (χ2n) is 5.53. The first-order chi connectivity index (χ1) is 13.1. The number of anilines is 3. The Balaban J connectivity index is 1.80. The van der Waals surface area contributed by atoms with E-state index in [1.54, 1.807) is 24.3 Å². The summed E-state index contributed by atoms with van der Waals surface area (Å²) >= 11 is 0. The maximum atomic E-state index is 13.8. The van der Waals surface area contributed by atoms with E-state index >= 15 is 0 Å². The SMILES string of the molecule is CCOc1ccccc1NC(=O)c1cc(Nc2c(F)cccc2F)ccn1. The molecule has 0 unspecified atom stereocenters. The van der Waals surface area contributed by atoms with Crippen molar-refractivity contribution in [2.24, 2.45) is 0 Å². The van der Waals surface area contributed by atoms with Gasteiger partial charge in [0.1, 0.15) is 28.8 Å². The van der Waals surface area contributed by atoms with Crippen LogP contribution in [0.1, 0.15) is 17.4 Å². The minimum atomic E-state index is -0.733. The summed E-state index contributed by atoms with van der Waals surface area (Å²) in [7, 11) is 0. The molecule has 138 valence electrons. The summed E-state index contributed by atoms with van der Waals surface area (Å²) in [6.07, 6.45) is 1.38. The van der Waals surface area contributed by atoms with Crippen LogP contribution >= 0.6 is 0 Å². The Morgan fingerprint density at radius 2 is 1.81 bits per heavy atom. The Hall–Kier alpha value is -3.48. The van der Waals surface area contributed by atoms with Crippen LogP contribution in [0, 0.1) is 11.6 Å².